The fraction of sp³-hybridized carbons (Fsp3) is 0.867. The number of carbonyl (C=O) groups excluding carboxylic acids is 2. The molecule has 0 aromatic carbocycles. The smallest absolute Gasteiger partial charge is 0.312 e. The van der Waals surface area contributed by atoms with E-state index in [4.69, 9.17) is 11.5 Å². The molecular formula is C15H26N4O2. The minimum Gasteiger partial charge on any atom is -0.352 e. The number of piperidine rings is 1. The van der Waals surface area contributed by atoms with Crippen molar-refractivity contribution in [1.29, 1.82) is 0 Å². The van der Waals surface area contributed by atoms with Gasteiger partial charge in [0.2, 0.25) is 5.91 Å². The summed E-state index contributed by atoms with van der Waals surface area (Å²) in [5, 5.41) is 2.66. The average Bonchev–Trinajstić information content (AvgIpc) is 3.05. The molecular weight excluding hydrogens is 268 g/mol. The van der Waals surface area contributed by atoms with Crippen LogP contribution in [0.4, 0.5) is 4.79 Å². The predicted octanol–water partition coefficient (Wildman–Crippen LogP) is 0.267. The van der Waals surface area contributed by atoms with Crippen LogP contribution in [0.5, 0.6) is 0 Å². The summed E-state index contributed by atoms with van der Waals surface area (Å²) in [7, 11) is 0. The summed E-state index contributed by atoms with van der Waals surface area (Å²) in [4.78, 5) is 25.6. The molecule has 2 saturated carbocycles. The first-order valence-electron chi connectivity index (χ1n) is 8.14. The molecule has 1 heterocycles. The van der Waals surface area contributed by atoms with Crippen molar-refractivity contribution in [3.63, 3.8) is 0 Å². The van der Waals surface area contributed by atoms with Crippen LogP contribution in [-0.4, -0.2) is 42.5 Å². The maximum atomic E-state index is 12.8. The van der Waals surface area contributed by atoms with Gasteiger partial charge >= 0.3 is 6.03 Å². The first-order chi connectivity index (χ1) is 10.1. The molecule has 0 aromatic heterocycles. The minimum atomic E-state index is -0.492. The summed E-state index contributed by atoms with van der Waals surface area (Å²) in [6.45, 7) is 2.11. The van der Waals surface area contributed by atoms with Crippen LogP contribution >= 0.6 is 0 Å². The van der Waals surface area contributed by atoms with Crippen LogP contribution in [0.1, 0.15) is 32.1 Å². The molecule has 5 unspecified atom stereocenters. The second-order valence-corrected chi connectivity index (χ2v) is 6.97. The highest BCUT2D eigenvalue weighted by Gasteiger charge is 2.50. The van der Waals surface area contributed by atoms with Crippen molar-refractivity contribution < 1.29 is 9.59 Å². The van der Waals surface area contributed by atoms with Crippen molar-refractivity contribution in [2.45, 2.75) is 38.1 Å². The topological polar surface area (TPSA) is 101 Å². The summed E-state index contributed by atoms with van der Waals surface area (Å²) in [5.74, 6) is 1.65. The van der Waals surface area contributed by atoms with Crippen molar-refractivity contribution >= 4 is 11.9 Å². The number of primary amides is 1. The molecule has 118 valence electrons. The molecule has 5 atom stereocenters. The predicted molar refractivity (Wildman–Crippen MR) is 79.2 cm³/mol. The van der Waals surface area contributed by atoms with Crippen LogP contribution in [0.2, 0.25) is 0 Å². The maximum absolute atomic E-state index is 12.8. The Balaban J connectivity index is 1.58. The number of nitrogens with zero attached hydrogens (tertiary/aromatic N) is 1. The molecule has 5 N–H and O–H groups in total. The van der Waals surface area contributed by atoms with Crippen molar-refractivity contribution in [3.8, 4) is 0 Å². The summed E-state index contributed by atoms with van der Waals surface area (Å²) in [5.41, 5.74) is 11.4. The Labute approximate surface area is 125 Å². The Bertz CT molecular complexity index is 426. The zero-order chi connectivity index (χ0) is 15.0. The third-order valence-corrected chi connectivity index (χ3v) is 5.66. The SMILES string of the molecule is NC(=O)NCC1CCCN(C(=O)C2C3CCC(C3)C2N)C1. The maximum Gasteiger partial charge on any atom is 0.312 e. The van der Waals surface area contributed by atoms with Crippen molar-refractivity contribution in [1.82, 2.24) is 10.2 Å². The van der Waals surface area contributed by atoms with E-state index < -0.39 is 6.03 Å². The van der Waals surface area contributed by atoms with Gasteiger partial charge in [0, 0.05) is 25.7 Å². The van der Waals surface area contributed by atoms with Crippen molar-refractivity contribution in [2.75, 3.05) is 19.6 Å². The van der Waals surface area contributed by atoms with Gasteiger partial charge in [-0.2, -0.15) is 0 Å². The van der Waals surface area contributed by atoms with Gasteiger partial charge in [0.05, 0.1) is 5.92 Å². The molecule has 0 radical (unpaired) electrons. The van der Waals surface area contributed by atoms with E-state index in [2.05, 4.69) is 5.32 Å². The molecule has 21 heavy (non-hydrogen) atoms. The molecule has 6 nitrogen and oxygen atoms in total. The summed E-state index contributed by atoms with van der Waals surface area (Å²) >= 11 is 0. The second kappa shape index (κ2) is 5.83. The highest BCUT2D eigenvalue weighted by Crippen LogP contribution is 2.48. The minimum absolute atomic E-state index is 0.0339. The first kappa shape index (κ1) is 14.6. The Morgan fingerprint density at radius 2 is 1.95 bits per heavy atom. The lowest BCUT2D eigenvalue weighted by Gasteiger charge is -2.37. The molecule has 3 aliphatic rings. The second-order valence-electron chi connectivity index (χ2n) is 6.97. The molecule has 0 aromatic rings. The Morgan fingerprint density at radius 3 is 2.62 bits per heavy atom. The largest absolute Gasteiger partial charge is 0.352 e. The molecule has 0 spiro atoms. The number of rotatable bonds is 3. The zero-order valence-electron chi connectivity index (χ0n) is 12.5. The van der Waals surface area contributed by atoms with Crippen molar-refractivity contribution in [3.05, 3.63) is 0 Å². The molecule has 3 amide bonds. The van der Waals surface area contributed by atoms with Gasteiger partial charge in [0.15, 0.2) is 0 Å². The number of hydrogen-bond acceptors (Lipinski definition) is 3. The lowest BCUT2D eigenvalue weighted by molar-refractivity contribution is -0.139. The van der Waals surface area contributed by atoms with Gasteiger partial charge in [-0.1, -0.05) is 0 Å². The van der Waals surface area contributed by atoms with Crippen LogP contribution in [0.25, 0.3) is 0 Å². The first-order valence-corrected chi connectivity index (χ1v) is 8.14. The van der Waals surface area contributed by atoms with Crippen LogP contribution in [-0.2, 0) is 4.79 Å². The normalized spacial score (nSPS) is 38.5. The number of nitrogens with two attached hydrogens (primary N) is 2. The number of urea groups is 1. The van der Waals surface area contributed by atoms with E-state index >= 15 is 0 Å². The molecule has 2 aliphatic carbocycles. The highest BCUT2D eigenvalue weighted by molar-refractivity contribution is 5.80. The fourth-order valence-electron chi connectivity index (χ4n) is 4.59. The van der Waals surface area contributed by atoms with Gasteiger partial charge in [0.1, 0.15) is 0 Å². The van der Waals surface area contributed by atoms with Gasteiger partial charge in [-0.25, -0.2) is 4.79 Å². The molecule has 3 rings (SSSR count). The van der Waals surface area contributed by atoms with Crippen molar-refractivity contribution in [2.24, 2.45) is 35.1 Å². The highest BCUT2D eigenvalue weighted by atomic mass is 16.2. The standard InChI is InChI=1S/C15H26N4O2/c16-13-11-4-3-10(6-11)12(13)14(20)19-5-1-2-9(8-19)7-18-15(17)21/h9-13H,1-8,16H2,(H3,17,18,21). The Kier molecular flexibility index (Phi) is 4.06. The van der Waals surface area contributed by atoms with Crippen LogP contribution < -0.4 is 16.8 Å². The van der Waals surface area contributed by atoms with E-state index in [-0.39, 0.29) is 17.9 Å². The number of nitrogens with one attached hydrogen (secondary N) is 1. The average molecular weight is 294 g/mol. The summed E-state index contributed by atoms with van der Waals surface area (Å²) in [6.07, 6.45) is 5.52. The quantitative estimate of drug-likeness (QED) is 0.696. The van der Waals surface area contributed by atoms with E-state index in [0.717, 1.165) is 38.8 Å². The van der Waals surface area contributed by atoms with Gasteiger partial charge in [-0.3, -0.25) is 4.79 Å². The zero-order valence-corrected chi connectivity index (χ0v) is 12.5. The van der Waals surface area contributed by atoms with Gasteiger partial charge in [-0.15, -0.1) is 0 Å². The molecule has 3 fully saturated rings. The fourth-order valence-corrected chi connectivity index (χ4v) is 4.59. The number of likely N-dealkylation sites (tertiary alicyclic amines) is 1. The van der Waals surface area contributed by atoms with Crippen LogP contribution in [0, 0.1) is 23.7 Å². The van der Waals surface area contributed by atoms with E-state index in [1.54, 1.807) is 0 Å². The number of hydrogen-bond donors (Lipinski definition) is 3. The van der Waals surface area contributed by atoms with E-state index in [9.17, 15) is 9.59 Å². The van der Waals surface area contributed by atoms with Gasteiger partial charge in [0.25, 0.3) is 0 Å². The van der Waals surface area contributed by atoms with E-state index in [0.29, 0.717) is 24.3 Å². The summed E-state index contributed by atoms with van der Waals surface area (Å²) < 4.78 is 0. The molecule has 1 aliphatic heterocycles. The Hall–Kier alpha value is -1.30. The lowest BCUT2D eigenvalue weighted by Crippen LogP contribution is -2.51. The van der Waals surface area contributed by atoms with Crippen LogP contribution in [0.3, 0.4) is 0 Å². The number of carbonyl (C=O) groups is 2. The van der Waals surface area contributed by atoms with E-state index in [1.807, 2.05) is 4.90 Å². The lowest BCUT2D eigenvalue weighted by atomic mass is 9.83. The van der Waals surface area contributed by atoms with Crippen LogP contribution in [0.15, 0.2) is 0 Å². The summed E-state index contributed by atoms with van der Waals surface area (Å²) in [6, 6.07) is -0.436. The van der Waals surface area contributed by atoms with E-state index in [1.165, 1.54) is 6.42 Å². The molecule has 6 heteroatoms. The van der Waals surface area contributed by atoms with Gasteiger partial charge < -0.3 is 21.7 Å². The monoisotopic (exact) mass is 294 g/mol. The van der Waals surface area contributed by atoms with Gasteiger partial charge in [-0.05, 0) is 49.9 Å². The molecule has 1 saturated heterocycles. The number of fused-ring (bicyclic) bond motifs is 2. The number of amides is 3. The molecule has 2 bridgehead atoms. The third kappa shape index (κ3) is 2.86. The Morgan fingerprint density at radius 1 is 1.19 bits per heavy atom. The third-order valence-electron chi connectivity index (χ3n) is 5.66.